The van der Waals surface area contributed by atoms with Gasteiger partial charge in [0, 0.05) is 33.0 Å². The maximum absolute atomic E-state index is 9.44. The summed E-state index contributed by atoms with van der Waals surface area (Å²) in [6, 6.07) is 34.5. The van der Waals surface area contributed by atoms with Crippen LogP contribution in [-0.4, -0.2) is 19.5 Å². The molecule has 4 nitrogen and oxygen atoms in total. The Morgan fingerprint density at radius 2 is 0.873 bits per heavy atom. The topological polar surface area (TPSA) is 43.6 Å². The van der Waals surface area contributed by atoms with Gasteiger partial charge in [0.2, 0.25) is 0 Å². The van der Waals surface area contributed by atoms with E-state index in [2.05, 4.69) is 0 Å². The van der Waals surface area contributed by atoms with E-state index in [-0.39, 0.29) is 27.4 Å². The minimum Gasteiger partial charge on any atom is -0.309 e. The SMILES string of the molecule is [2H]c1c([2H])c([2H])c(-c2c([2H])c([2H])c([2H])c3c2c2c([2H])c([2H])c([2H])c([2H])c2n3-c2ccc(-c3nc(-c4ccccc4)nc(-c4ccc(-c5ccccc5)cc4)n3)cc2-c2ccccc2)c([2H])c1[2H]. The van der Waals surface area contributed by atoms with Gasteiger partial charge in [0.05, 0.1) is 33.2 Å². The zero-order valence-corrected chi connectivity index (χ0v) is 29.0. The lowest BCUT2D eigenvalue weighted by Crippen LogP contribution is -2.02. The Hall–Kier alpha value is -7.43. The smallest absolute Gasteiger partial charge is 0.164 e. The monoisotopic (exact) mass is 714 g/mol. The quantitative estimate of drug-likeness (QED) is 0.165. The summed E-state index contributed by atoms with van der Waals surface area (Å²) in [4.78, 5) is 14.9. The fourth-order valence-electron chi connectivity index (χ4n) is 6.89. The molecule has 2 heterocycles. The maximum atomic E-state index is 9.44. The third kappa shape index (κ3) is 5.96. The van der Waals surface area contributed by atoms with Crippen LogP contribution in [0.15, 0.2) is 206 Å². The van der Waals surface area contributed by atoms with E-state index in [4.69, 9.17) is 25.9 Å². The van der Waals surface area contributed by atoms with Crippen LogP contribution in [0.4, 0.5) is 0 Å². The Labute approximate surface area is 336 Å². The molecule has 0 aliphatic carbocycles. The highest BCUT2D eigenvalue weighted by atomic mass is 15.0. The molecule has 0 amide bonds. The van der Waals surface area contributed by atoms with Crippen molar-refractivity contribution < 1.29 is 16.4 Å². The van der Waals surface area contributed by atoms with Gasteiger partial charge in [0.25, 0.3) is 0 Å². The summed E-state index contributed by atoms with van der Waals surface area (Å²) in [5.74, 6) is 1.16. The predicted octanol–water partition coefficient (Wildman–Crippen LogP) is 13.0. The Bertz CT molecular complexity index is 3610. The summed E-state index contributed by atoms with van der Waals surface area (Å²) in [5, 5.41) is -0.289. The average molecular weight is 715 g/mol. The minimum atomic E-state index is -0.696. The summed E-state index contributed by atoms with van der Waals surface area (Å²) in [5.41, 5.74) is 4.61. The van der Waals surface area contributed by atoms with Crippen LogP contribution in [0.25, 0.3) is 95.0 Å². The van der Waals surface area contributed by atoms with Crippen LogP contribution in [0.3, 0.4) is 0 Å². The lowest BCUT2D eigenvalue weighted by molar-refractivity contribution is 1.07. The lowest BCUT2D eigenvalue weighted by atomic mass is 9.99. The van der Waals surface area contributed by atoms with Gasteiger partial charge in [-0.1, -0.05) is 176 Å². The van der Waals surface area contributed by atoms with E-state index in [1.54, 1.807) is 12.1 Å². The molecule has 0 aliphatic rings. The third-order valence-corrected chi connectivity index (χ3v) is 9.47. The first kappa shape index (κ1) is 21.9. The second-order valence-corrected chi connectivity index (χ2v) is 12.7. The van der Waals surface area contributed by atoms with Crippen LogP contribution in [0.2, 0.25) is 0 Å². The van der Waals surface area contributed by atoms with Crippen molar-refractivity contribution in [3.63, 3.8) is 0 Å². The van der Waals surface area contributed by atoms with E-state index in [9.17, 15) is 5.48 Å². The van der Waals surface area contributed by atoms with E-state index in [0.29, 0.717) is 39.9 Å². The molecule has 0 N–H and O–H groups in total. The van der Waals surface area contributed by atoms with Crippen LogP contribution in [0.5, 0.6) is 0 Å². The number of fused-ring (bicyclic) bond motifs is 3. The molecule has 0 atom stereocenters. The predicted molar refractivity (Wildman–Crippen MR) is 227 cm³/mol. The highest BCUT2D eigenvalue weighted by Crippen LogP contribution is 2.41. The van der Waals surface area contributed by atoms with Crippen molar-refractivity contribution in [1.82, 2.24) is 19.5 Å². The summed E-state index contributed by atoms with van der Waals surface area (Å²) >= 11 is 0. The van der Waals surface area contributed by atoms with Crippen LogP contribution >= 0.6 is 0 Å². The third-order valence-electron chi connectivity index (χ3n) is 9.47. The number of aromatic nitrogens is 4. The molecule has 10 rings (SSSR count). The number of benzene rings is 8. The molecular formula is C51H34N4. The molecule has 0 radical (unpaired) electrons. The molecule has 8 aromatic carbocycles. The van der Waals surface area contributed by atoms with Gasteiger partial charge >= 0.3 is 0 Å². The molecule has 2 aromatic heterocycles. The maximum Gasteiger partial charge on any atom is 0.164 e. The fourth-order valence-corrected chi connectivity index (χ4v) is 6.89. The molecule has 0 saturated heterocycles. The van der Waals surface area contributed by atoms with Gasteiger partial charge in [-0.05, 0) is 58.1 Å². The van der Waals surface area contributed by atoms with Gasteiger partial charge in [-0.25, -0.2) is 15.0 Å². The molecular weight excluding hydrogens is 669 g/mol. The van der Waals surface area contributed by atoms with Gasteiger partial charge in [-0.2, -0.15) is 0 Å². The first-order valence-corrected chi connectivity index (χ1v) is 17.6. The van der Waals surface area contributed by atoms with E-state index in [0.717, 1.165) is 22.3 Å². The number of para-hydroxylation sites is 1. The molecule has 0 aliphatic heterocycles. The van der Waals surface area contributed by atoms with E-state index in [1.165, 1.54) is 4.57 Å². The zero-order chi connectivity index (χ0) is 47.0. The Balaban J connectivity index is 1.28. The molecule has 258 valence electrons. The molecule has 0 spiro atoms. The summed E-state index contributed by atoms with van der Waals surface area (Å²) in [7, 11) is 0. The van der Waals surface area contributed by atoms with E-state index >= 15 is 0 Å². The number of nitrogens with zero attached hydrogens (tertiary/aromatic N) is 4. The largest absolute Gasteiger partial charge is 0.309 e. The summed E-state index contributed by atoms with van der Waals surface area (Å²) in [6.07, 6.45) is 0. The number of hydrogen-bond acceptors (Lipinski definition) is 3. The van der Waals surface area contributed by atoms with Crippen molar-refractivity contribution in [1.29, 1.82) is 0 Å². The second kappa shape index (κ2) is 13.8. The van der Waals surface area contributed by atoms with Gasteiger partial charge in [0.1, 0.15) is 0 Å². The number of hydrogen-bond donors (Lipinski definition) is 0. The molecule has 10 aromatic rings. The summed E-state index contributed by atoms with van der Waals surface area (Å²) < 4.78 is 108. The molecule has 55 heavy (non-hydrogen) atoms. The average Bonchev–Trinajstić information content (AvgIpc) is 3.73. The molecule has 4 heteroatoms. The van der Waals surface area contributed by atoms with Crippen LogP contribution in [0.1, 0.15) is 16.4 Å². The van der Waals surface area contributed by atoms with E-state index in [1.807, 2.05) is 121 Å². The molecule has 0 fully saturated rings. The molecule has 0 saturated carbocycles. The Kier molecular flexibility index (Phi) is 5.52. The highest BCUT2D eigenvalue weighted by Gasteiger charge is 2.20. The van der Waals surface area contributed by atoms with Crippen LogP contribution in [-0.2, 0) is 0 Å². The minimum absolute atomic E-state index is 0.106. The fraction of sp³-hybridized carbons (Fsp3) is 0. The first-order chi connectivity index (χ1) is 32.3. The van der Waals surface area contributed by atoms with Gasteiger partial charge in [0.15, 0.2) is 17.5 Å². The lowest BCUT2D eigenvalue weighted by Gasteiger charge is -2.16. The molecule has 0 unspecified atom stereocenters. The normalized spacial score (nSPS) is 14.3. The van der Waals surface area contributed by atoms with Gasteiger partial charge < -0.3 is 4.57 Å². The highest BCUT2D eigenvalue weighted by molar-refractivity contribution is 6.16. The standard InChI is InChI=1S/C51H34N4/c1-5-16-35(17-6-1)36-28-30-40(31-29-36)50-52-49(39-22-11-4-12-23-39)53-51(54-50)41-32-33-46(44(34-41)38-20-9-3-10-21-38)55-45-26-14-13-24-43(45)48-42(25-15-27-47(48)55)37-18-7-2-8-19-37/h1-34H/i2D,7D,8D,13D,14D,15D,18D,19D,24D,25D,26D,27D. The number of rotatable bonds is 7. The second-order valence-electron chi connectivity index (χ2n) is 12.7. The van der Waals surface area contributed by atoms with Crippen molar-refractivity contribution >= 4 is 21.8 Å². The van der Waals surface area contributed by atoms with Crippen molar-refractivity contribution in [2.75, 3.05) is 0 Å². The van der Waals surface area contributed by atoms with Crippen molar-refractivity contribution in [2.45, 2.75) is 0 Å². The van der Waals surface area contributed by atoms with E-state index < -0.39 is 78.1 Å². The Morgan fingerprint density at radius 3 is 1.56 bits per heavy atom. The molecule has 0 bridgehead atoms. The zero-order valence-electron chi connectivity index (χ0n) is 41.0. The van der Waals surface area contributed by atoms with Gasteiger partial charge in [-0.3, -0.25) is 0 Å². The first-order valence-electron chi connectivity index (χ1n) is 23.6. The summed E-state index contributed by atoms with van der Waals surface area (Å²) in [6.45, 7) is 0. The van der Waals surface area contributed by atoms with Gasteiger partial charge in [-0.15, -0.1) is 0 Å². The van der Waals surface area contributed by atoms with Crippen LogP contribution in [0, 0.1) is 0 Å². The van der Waals surface area contributed by atoms with Crippen molar-refractivity contribution in [3.8, 4) is 73.2 Å². The van der Waals surface area contributed by atoms with Crippen molar-refractivity contribution in [3.05, 3.63) is 206 Å². The van der Waals surface area contributed by atoms with Crippen molar-refractivity contribution in [2.24, 2.45) is 0 Å². The Morgan fingerprint density at radius 1 is 0.364 bits per heavy atom. The van der Waals surface area contributed by atoms with Crippen LogP contribution < -0.4 is 0 Å².